The molecular weight excluding hydrogens is 403 g/mol. The average Bonchev–Trinajstić information content (AvgIpc) is 3.12. The van der Waals surface area contributed by atoms with Crippen LogP contribution in [0.3, 0.4) is 0 Å². The van der Waals surface area contributed by atoms with Gasteiger partial charge < -0.3 is 20.1 Å². The Morgan fingerprint density at radius 2 is 1.89 bits per heavy atom. The number of rotatable bonds is 5. The number of likely N-dealkylation sites (tertiary alicyclic amines) is 1. The lowest BCUT2D eigenvalue weighted by Crippen LogP contribution is -2.38. The number of halogens is 2. The summed E-state index contributed by atoms with van der Waals surface area (Å²) in [5.74, 6) is 0.193. The zero-order chi connectivity index (χ0) is 20.3. The molecule has 3 rings (SSSR count). The van der Waals surface area contributed by atoms with Gasteiger partial charge in [-0.3, -0.25) is 4.79 Å². The van der Waals surface area contributed by atoms with Crippen molar-refractivity contribution in [2.24, 2.45) is 11.8 Å². The standard InChI is InChI=1S/C20H26Cl2N2O4/c1-28-15-5-2-12(3-6-15)19(25)24-10-14(9-23-20(26)27)16(11-24)13-4-7-17(21)18(22)8-13/h4,7-8,12,14-16,23H,2-3,5-6,9-11H2,1H3,(H,26,27)/t12-,14-,15+,16-/m1/s1. The van der Waals surface area contributed by atoms with Crippen molar-refractivity contribution in [2.45, 2.75) is 37.7 Å². The smallest absolute Gasteiger partial charge is 0.404 e. The fourth-order valence-corrected chi connectivity index (χ4v) is 4.71. The second kappa shape index (κ2) is 9.33. The van der Waals surface area contributed by atoms with Crippen molar-refractivity contribution < 1.29 is 19.4 Å². The third-order valence-electron chi connectivity index (χ3n) is 6.00. The van der Waals surface area contributed by atoms with Crippen molar-refractivity contribution in [3.63, 3.8) is 0 Å². The largest absolute Gasteiger partial charge is 0.465 e. The van der Waals surface area contributed by atoms with Crippen molar-refractivity contribution in [3.8, 4) is 0 Å². The summed E-state index contributed by atoms with van der Waals surface area (Å²) in [4.78, 5) is 25.9. The third kappa shape index (κ3) is 4.91. The molecule has 2 fully saturated rings. The van der Waals surface area contributed by atoms with Crippen LogP contribution in [0.25, 0.3) is 0 Å². The van der Waals surface area contributed by atoms with E-state index >= 15 is 0 Å². The first kappa shape index (κ1) is 21.2. The van der Waals surface area contributed by atoms with E-state index in [1.165, 1.54) is 0 Å². The van der Waals surface area contributed by atoms with Crippen LogP contribution in [0, 0.1) is 11.8 Å². The first-order valence-electron chi connectivity index (χ1n) is 9.62. The highest BCUT2D eigenvalue weighted by molar-refractivity contribution is 6.42. The van der Waals surface area contributed by atoms with E-state index in [9.17, 15) is 9.59 Å². The fourth-order valence-electron chi connectivity index (χ4n) is 4.40. The molecular formula is C20H26Cl2N2O4. The number of carboxylic acid groups (broad SMARTS) is 1. The molecule has 0 bridgehead atoms. The highest BCUT2D eigenvalue weighted by atomic mass is 35.5. The van der Waals surface area contributed by atoms with Gasteiger partial charge in [-0.1, -0.05) is 29.3 Å². The van der Waals surface area contributed by atoms with E-state index in [1.54, 1.807) is 13.2 Å². The van der Waals surface area contributed by atoms with Crippen LogP contribution < -0.4 is 5.32 Å². The van der Waals surface area contributed by atoms with Gasteiger partial charge >= 0.3 is 6.09 Å². The molecule has 1 aliphatic heterocycles. The van der Waals surface area contributed by atoms with Gasteiger partial charge in [0, 0.05) is 44.5 Å². The topological polar surface area (TPSA) is 78.9 Å². The Hall–Kier alpha value is -1.50. The molecule has 2 N–H and O–H groups in total. The van der Waals surface area contributed by atoms with Gasteiger partial charge in [0.2, 0.25) is 5.91 Å². The number of methoxy groups -OCH3 is 1. The Labute approximate surface area is 175 Å². The van der Waals surface area contributed by atoms with Gasteiger partial charge in [-0.25, -0.2) is 4.79 Å². The number of carbonyl (C=O) groups is 2. The third-order valence-corrected chi connectivity index (χ3v) is 6.74. The monoisotopic (exact) mass is 428 g/mol. The van der Waals surface area contributed by atoms with Gasteiger partial charge in [0.15, 0.2) is 0 Å². The highest BCUT2D eigenvalue weighted by Crippen LogP contribution is 2.37. The second-order valence-corrected chi connectivity index (χ2v) is 8.49. The summed E-state index contributed by atoms with van der Waals surface area (Å²) in [5.41, 5.74) is 0.977. The molecule has 2 amide bonds. The predicted octanol–water partition coefficient (Wildman–Crippen LogP) is 4.01. The summed E-state index contributed by atoms with van der Waals surface area (Å²) in [6, 6.07) is 5.47. The number of nitrogens with zero attached hydrogens (tertiary/aromatic N) is 1. The fraction of sp³-hybridized carbons (Fsp3) is 0.600. The molecule has 0 unspecified atom stereocenters. The lowest BCUT2D eigenvalue weighted by Gasteiger charge is -2.30. The van der Waals surface area contributed by atoms with Crippen LogP contribution in [0.4, 0.5) is 4.79 Å². The summed E-state index contributed by atoms with van der Waals surface area (Å²) in [7, 11) is 1.72. The number of benzene rings is 1. The number of nitrogens with one attached hydrogen (secondary N) is 1. The molecule has 154 valence electrons. The van der Waals surface area contributed by atoms with Gasteiger partial charge in [0.05, 0.1) is 16.1 Å². The molecule has 1 heterocycles. The Balaban J connectivity index is 1.72. The Kier molecular flexibility index (Phi) is 7.07. The second-order valence-electron chi connectivity index (χ2n) is 7.68. The van der Waals surface area contributed by atoms with Crippen molar-refractivity contribution in [1.82, 2.24) is 10.2 Å². The maximum absolute atomic E-state index is 13.1. The van der Waals surface area contributed by atoms with Crippen LogP contribution in [-0.4, -0.2) is 54.9 Å². The summed E-state index contributed by atoms with van der Waals surface area (Å²) in [6.07, 6.45) is 2.67. The van der Waals surface area contributed by atoms with Crippen molar-refractivity contribution >= 4 is 35.2 Å². The highest BCUT2D eigenvalue weighted by Gasteiger charge is 2.39. The molecule has 0 radical (unpaired) electrons. The molecule has 1 aromatic rings. The zero-order valence-electron chi connectivity index (χ0n) is 15.9. The Bertz CT molecular complexity index is 722. The van der Waals surface area contributed by atoms with Crippen molar-refractivity contribution in [2.75, 3.05) is 26.7 Å². The molecule has 1 aliphatic carbocycles. The number of ether oxygens (including phenoxy) is 1. The molecule has 0 aromatic heterocycles. The van der Waals surface area contributed by atoms with Crippen LogP contribution in [0.2, 0.25) is 10.0 Å². The SMILES string of the molecule is CO[C@H]1CC[C@@H](C(=O)N2C[C@@H](CNC(=O)O)[C@@H](c3ccc(Cl)c(Cl)c3)C2)CC1. The van der Waals surface area contributed by atoms with E-state index in [0.29, 0.717) is 29.7 Å². The average molecular weight is 429 g/mol. The summed E-state index contributed by atoms with van der Waals surface area (Å²) < 4.78 is 5.40. The molecule has 6 nitrogen and oxygen atoms in total. The number of hydrogen-bond donors (Lipinski definition) is 2. The first-order valence-corrected chi connectivity index (χ1v) is 10.4. The minimum absolute atomic E-state index is 0.00685. The molecule has 2 aliphatic rings. The lowest BCUT2D eigenvalue weighted by molar-refractivity contribution is -0.136. The van der Waals surface area contributed by atoms with Crippen molar-refractivity contribution in [1.29, 1.82) is 0 Å². The van der Waals surface area contributed by atoms with Crippen LogP contribution in [0.5, 0.6) is 0 Å². The molecule has 0 spiro atoms. The van der Waals surface area contributed by atoms with Crippen LogP contribution >= 0.6 is 23.2 Å². The van der Waals surface area contributed by atoms with E-state index in [1.807, 2.05) is 17.0 Å². The van der Waals surface area contributed by atoms with Crippen LogP contribution in [-0.2, 0) is 9.53 Å². The van der Waals surface area contributed by atoms with E-state index < -0.39 is 6.09 Å². The molecule has 28 heavy (non-hydrogen) atoms. The van der Waals surface area contributed by atoms with Crippen LogP contribution in [0.1, 0.15) is 37.2 Å². The first-order chi connectivity index (χ1) is 13.4. The minimum Gasteiger partial charge on any atom is -0.465 e. The molecule has 1 saturated heterocycles. The molecule has 8 heteroatoms. The predicted molar refractivity (Wildman–Crippen MR) is 108 cm³/mol. The maximum Gasteiger partial charge on any atom is 0.404 e. The summed E-state index contributed by atoms with van der Waals surface area (Å²) in [5, 5.41) is 12.4. The van der Waals surface area contributed by atoms with Gasteiger partial charge in [-0.15, -0.1) is 0 Å². The Morgan fingerprint density at radius 1 is 1.18 bits per heavy atom. The van der Waals surface area contributed by atoms with Gasteiger partial charge in [0.25, 0.3) is 0 Å². The van der Waals surface area contributed by atoms with Gasteiger partial charge in [-0.05, 0) is 43.4 Å². The molecule has 1 saturated carbocycles. The quantitative estimate of drug-likeness (QED) is 0.742. The van der Waals surface area contributed by atoms with Crippen molar-refractivity contribution in [3.05, 3.63) is 33.8 Å². The van der Waals surface area contributed by atoms with Gasteiger partial charge in [-0.2, -0.15) is 0 Å². The van der Waals surface area contributed by atoms with Gasteiger partial charge in [0.1, 0.15) is 0 Å². The zero-order valence-corrected chi connectivity index (χ0v) is 17.4. The minimum atomic E-state index is -1.06. The van der Waals surface area contributed by atoms with E-state index in [4.69, 9.17) is 33.0 Å². The number of amides is 2. The molecule has 1 aromatic carbocycles. The molecule has 2 atom stereocenters. The normalized spacial score (nSPS) is 27.6. The maximum atomic E-state index is 13.1. The Morgan fingerprint density at radius 3 is 2.50 bits per heavy atom. The van der Waals surface area contributed by atoms with Crippen LogP contribution in [0.15, 0.2) is 18.2 Å². The summed E-state index contributed by atoms with van der Waals surface area (Å²) >= 11 is 12.2. The lowest BCUT2D eigenvalue weighted by atomic mass is 9.86. The number of hydrogen-bond acceptors (Lipinski definition) is 3. The van der Waals surface area contributed by atoms with E-state index in [0.717, 1.165) is 31.2 Å². The summed E-state index contributed by atoms with van der Waals surface area (Å²) in [6.45, 7) is 1.39. The van der Waals surface area contributed by atoms with E-state index in [-0.39, 0.29) is 29.8 Å². The number of carbonyl (C=O) groups excluding carboxylic acids is 1. The van der Waals surface area contributed by atoms with E-state index in [2.05, 4.69) is 5.32 Å².